The minimum absolute atomic E-state index is 0.457. The molecule has 0 aromatic rings. The van der Waals surface area contributed by atoms with Crippen molar-refractivity contribution >= 4 is 6.29 Å². The van der Waals surface area contributed by atoms with E-state index in [1.54, 1.807) is 0 Å². The van der Waals surface area contributed by atoms with Gasteiger partial charge < -0.3 is 0 Å². The summed E-state index contributed by atoms with van der Waals surface area (Å²) in [6.07, 6.45) is 9.85. The van der Waals surface area contributed by atoms with Crippen LogP contribution < -0.4 is 0 Å². The molecule has 0 aliphatic carbocycles. The van der Waals surface area contributed by atoms with Crippen molar-refractivity contribution < 1.29 is 4.79 Å². The standard InChI is InChI=1S/C13H23N2O/c1-13(12-16,14-8-4-2-5-9-14)15-10-6-3-7-11-15/h2-11H2,1H3. The van der Waals surface area contributed by atoms with Crippen molar-refractivity contribution in [1.82, 2.24) is 9.80 Å². The van der Waals surface area contributed by atoms with Gasteiger partial charge in [0.25, 0.3) is 0 Å². The van der Waals surface area contributed by atoms with Crippen LogP contribution >= 0.6 is 0 Å². The normalized spacial score (nSPS) is 25.6. The maximum atomic E-state index is 11.4. The van der Waals surface area contributed by atoms with Crippen molar-refractivity contribution in [2.45, 2.75) is 51.1 Å². The molecule has 91 valence electrons. The van der Waals surface area contributed by atoms with E-state index in [0.717, 1.165) is 26.2 Å². The Morgan fingerprint density at radius 3 is 1.50 bits per heavy atom. The number of rotatable bonds is 3. The summed E-state index contributed by atoms with van der Waals surface area (Å²) in [5, 5.41) is 0. The predicted octanol–water partition coefficient (Wildman–Crippen LogP) is 1.78. The Balaban J connectivity index is 2.06. The lowest BCUT2D eigenvalue weighted by Crippen LogP contribution is -2.62. The molecule has 2 fully saturated rings. The SMILES string of the molecule is CC([C]=O)(N1CCCCC1)N1CCCCC1. The van der Waals surface area contributed by atoms with Crippen molar-refractivity contribution in [3.05, 3.63) is 0 Å². The van der Waals surface area contributed by atoms with E-state index in [9.17, 15) is 4.79 Å². The van der Waals surface area contributed by atoms with Crippen LogP contribution in [0.1, 0.15) is 45.4 Å². The Morgan fingerprint density at radius 2 is 1.19 bits per heavy atom. The van der Waals surface area contributed by atoms with Crippen LogP contribution in [0.5, 0.6) is 0 Å². The fourth-order valence-corrected chi connectivity index (χ4v) is 2.99. The first-order valence-electron chi connectivity index (χ1n) is 6.67. The van der Waals surface area contributed by atoms with Gasteiger partial charge in [-0.15, -0.1) is 0 Å². The maximum Gasteiger partial charge on any atom is 0.236 e. The summed E-state index contributed by atoms with van der Waals surface area (Å²) in [4.78, 5) is 16.1. The third kappa shape index (κ3) is 2.30. The van der Waals surface area contributed by atoms with Gasteiger partial charge in [-0.2, -0.15) is 0 Å². The van der Waals surface area contributed by atoms with Gasteiger partial charge in [-0.1, -0.05) is 12.8 Å². The Kier molecular flexibility index (Phi) is 3.98. The maximum absolute atomic E-state index is 11.4. The molecule has 16 heavy (non-hydrogen) atoms. The average Bonchev–Trinajstić information content (AvgIpc) is 2.40. The van der Waals surface area contributed by atoms with Crippen molar-refractivity contribution in [2.24, 2.45) is 0 Å². The summed E-state index contributed by atoms with van der Waals surface area (Å²) in [6, 6.07) is 0. The molecular formula is C13H23N2O. The van der Waals surface area contributed by atoms with Gasteiger partial charge in [-0.25, -0.2) is 0 Å². The lowest BCUT2D eigenvalue weighted by Gasteiger charge is -2.47. The molecule has 2 aliphatic rings. The van der Waals surface area contributed by atoms with Crippen LogP contribution in [0.25, 0.3) is 0 Å². The average molecular weight is 223 g/mol. The number of carbonyl (C=O) groups excluding carboxylic acids is 1. The zero-order valence-corrected chi connectivity index (χ0v) is 10.4. The molecule has 0 bridgehead atoms. The minimum atomic E-state index is -0.457. The molecule has 0 N–H and O–H groups in total. The molecule has 2 rings (SSSR count). The Hall–Kier alpha value is -0.410. The smallest absolute Gasteiger partial charge is 0.236 e. The van der Waals surface area contributed by atoms with Crippen LogP contribution in [0, 0.1) is 0 Å². The number of hydrogen-bond acceptors (Lipinski definition) is 3. The van der Waals surface area contributed by atoms with Gasteiger partial charge in [-0.05, 0) is 32.6 Å². The van der Waals surface area contributed by atoms with E-state index in [1.807, 2.05) is 0 Å². The monoisotopic (exact) mass is 223 g/mol. The molecule has 2 saturated heterocycles. The van der Waals surface area contributed by atoms with E-state index < -0.39 is 5.66 Å². The quantitative estimate of drug-likeness (QED) is 0.728. The van der Waals surface area contributed by atoms with Crippen LogP contribution in [0.15, 0.2) is 0 Å². The van der Waals surface area contributed by atoms with Gasteiger partial charge >= 0.3 is 0 Å². The van der Waals surface area contributed by atoms with E-state index in [4.69, 9.17) is 0 Å². The topological polar surface area (TPSA) is 23.6 Å². The van der Waals surface area contributed by atoms with Crippen LogP contribution in [0.2, 0.25) is 0 Å². The molecular weight excluding hydrogens is 200 g/mol. The lowest BCUT2D eigenvalue weighted by atomic mass is 10.0. The van der Waals surface area contributed by atoms with Gasteiger partial charge in [-0.3, -0.25) is 14.6 Å². The van der Waals surface area contributed by atoms with Crippen molar-refractivity contribution in [1.29, 1.82) is 0 Å². The third-order valence-corrected chi connectivity index (χ3v) is 4.14. The predicted molar refractivity (Wildman–Crippen MR) is 64.9 cm³/mol. The molecule has 0 atom stereocenters. The summed E-state index contributed by atoms with van der Waals surface area (Å²) in [7, 11) is 0. The van der Waals surface area contributed by atoms with E-state index in [1.165, 1.54) is 38.5 Å². The second kappa shape index (κ2) is 5.28. The molecule has 0 saturated carbocycles. The third-order valence-electron chi connectivity index (χ3n) is 4.14. The summed E-state index contributed by atoms with van der Waals surface area (Å²) in [5.74, 6) is 0. The Bertz CT molecular complexity index is 212. The van der Waals surface area contributed by atoms with Crippen molar-refractivity contribution in [3.8, 4) is 0 Å². The van der Waals surface area contributed by atoms with Gasteiger partial charge in [0.15, 0.2) is 0 Å². The van der Waals surface area contributed by atoms with Gasteiger partial charge in [0.1, 0.15) is 5.66 Å². The summed E-state index contributed by atoms with van der Waals surface area (Å²) >= 11 is 0. The molecule has 2 heterocycles. The largest absolute Gasteiger partial charge is 0.287 e. The minimum Gasteiger partial charge on any atom is -0.287 e. The lowest BCUT2D eigenvalue weighted by molar-refractivity contribution is -0.0160. The molecule has 0 spiro atoms. The van der Waals surface area contributed by atoms with E-state index >= 15 is 0 Å². The van der Waals surface area contributed by atoms with Crippen LogP contribution in [0.3, 0.4) is 0 Å². The Morgan fingerprint density at radius 1 is 0.812 bits per heavy atom. The zero-order valence-electron chi connectivity index (χ0n) is 10.4. The second-order valence-corrected chi connectivity index (χ2v) is 5.22. The first-order chi connectivity index (χ1) is 7.77. The van der Waals surface area contributed by atoms with Crippen molar-refractivity contribution in [3.63, 3.8) is 0 Å². The molecule has 0 amide bonds. The number of likely N-dealkylation sites (tertiary alicyclic amines) is 2. The van der Waals surface area contributed by atoms with Gasteiger partial charge in [0.2, 0.25) is 6.29 Å². The highest BCUT2D eigenvalue weighted by Gasteiger charge is 2.39. The summed E-state index contributed by atoms with van der Waals surface area (Å²) in [6.45, 7) is 6.28. The second-order valence-electron chi connectivity index (χ2n) is 5.22. The molecule has 0 aromatic heterocycles. The highest BCUT2D eigenvalue weighted by Crippen LogP contribution is 2.26. The zero-order chi connectivity index (χ0) is 11.4. The van der Waals surface area contributed by atoms with Crippen LogP contribution in [0.4, 0.5) is 0 Å². The highest BCUT2D eigenvalue weighted by atomic mass is 16.1. The van der Waals surface area contributed by atoms with Crippen LogP contribution in [-0.4, -0.2) is 47.9 Å². The van der Waals surface area contributed by atoms with Crippen molar-refractivity contribution in [2.75, 3.05) is 26.2 Å². The fraction of sp³-hybridized carbons (Fsp3) is 0.923. The molecule has 0 aromatic carbocycles. The molecule has 3 nitrogen and oxygen atoms in total. The number of nitrogens with zero attached hydrogens (tertiary/aromatic N) is 2. The first-order valence-corrected chi connectivity index (χ1v) is 6.67. The molecule has 1 radical (unpaired) electrons. The van der Waals surface area contributed by atoms with E-state index in [2.05, 4.69) is 23.0 Å². The molecule has 2 aliphatic heterocycles. The summed E-state index contributed by atoms with van der Waals surface area (Å²) < 4.78 is 0. The van der Waals surface area contributed by atoms with E-state index in [-0.39, 0.29) is 0 Å². The molecule has 3 heteroatoms. The molecule has 0 unspecified atom stereocenters. The Labute approximate surface area is 98.8 Å². The van der Waals surface area contributed by atoms with Crippen LogP contribution in [-0.2, 0) is 4.79 Å². The first kappa shape index (κ1) is 12.1. The van der Waals surface area contributed by atoms with Gasteiger partial charge in [0, 0.05) is 26.2 Å². The van der Waals surface area contributed by atoms with E-state index in [0.29, 0.717) is 0 Å². The number of hydrogen-bond donors (Lipinski definition) is 0. The number of piperidine rings is 2. The summed E-state index contributed by atoms with van der Waals surface area (Å²) in [5.41, 5.74) is -0.457. The fourth-order valence-electron chi connectivity index (χ4n) is 2.99. The van der Waals surface area contributed by atoms with Gasteiger partial charge in [0.05, 0.1) is 0 Å². The highest BCUT2D eigenvalue weighted by molar-refractivity contribution is 5.63.